The summed E-state index contributed by atoms with van der Waals surface area (Å²) >= 11 is 1.66. The van der Waals surface area contributed by atoms with E-state index in [2.05, 4.69) is 36.2 Å². The van der Waals surface area contributed by atoms with E-state index < -0.39 is 0 Å². The lowest BCUT2D eigenvalue weighted by Gasteiger charge is -2.13. The Labute approximate surface area is 140 Å². The first-order valence-corrected chi connectivity index (χ1v) is 9.09. The van der Waals surface area contributed by atoms with Gasteiger partial charge in [0.2, 0.25) is 0 Å². The molecule has 1 heterocycles. The molecule has 5 heteroatoms. The molecule has 1 aromatic carbocycles. The fourth-order valence-electron chi connectivity index (χ4n) is 3.12. The van der Waals surface area contributed by atoms with Gasteiger partial charge in [-0.2, -0.15) is 4.98 Å². The van der Waals surface area contributed by atoms with Crippen molar-refractivity contribution in [3.8, 4) is 0 Å². The zero-order valence-corrected chi connectivity index (χ0v) is 14.2. The Balaban J connectivity index is 1.84. The zero-order chi connectivity index (χ0) is 16.2. The summed E-state index contributed by atoms with van der Waals surface area (Å²) in [6, 6.07) is 8.45. The van der Waals surface area contributed by atoms with Gasteiger partial charge in [-0.25, -0.2) is 4.79 Å². The third-order valence-corrected chi connectivity index (χ3v) is 5.29. The molecule has 0 bridgehead atoms. The average molecular weight is 330 g/mol. The van der Waals surface area contributed by atoms with Gasteiger partial charge in [-0.15, -0.1) is 11.8 Å². The lowest BCUT2D eigenvalue weighted by atomic mass is 10.2. The Morgan fingerprint density at radius 1 is 1.35 bits per heavy atom. The van der Waals surface area contributed by atoms with Crippen LogP contribution in [0.3, 0.4) is 0 Å². The molecule has 0 fully saturated rings. The first-order valence-electron chi connectivity index (χ1n) is 8.11. The highest BCUT2D eigenvalue weighted by Gasteiger charge is 2.21. The van der Waals surface area contributed by atoms with Crippen LogP contribution in [-0.2, 0) is 25.1 Å². The second-order valence-corrected chi connectivity index (χ2v) is 6.95. The number of thioether (sulfide) groups is 1. The standard InChI is InChI=1S/C18H22N2O2S/c1-13-5-2-6-14(11-13)12-23-17-15-7-3-8-16(15)20(9-4-10-21)18(22)19-17/h2,5-6,11,21H,3-4,7-10,12H2,1H3. The summed E-state index contributed by atoms with van der Waals surface area (Å²) in [4.78, 5) is 16.7. The normalized spacial score (nSPS) is 13.3. The van der Waals surface area contributed by atoms with Crippen molar-refractivity contribution in [2.24, 2.45) is 0 Å². The lowest BCUT2D eigenvalue weighted by molar-refractivity contribution is 0.277. The molecule has 3 rings (SSSR count). The lowest BCUT2D eigenvalue weighted by Crippen LogP contribution is -2.27. The van der Waals surface area contributed by atoms with Crippen LogP contribution in [0, 0.1) is 6.92 Å². The molecule has 4 nitrogen and oxygen atoms in total. The number of aliphatic hydroxyl groups excluding tert-OH is 1. The number of benzene rings is 1. The van der Waals surface area contributed by atoms with E-state index in [4.69, 9.17) is 5.11 Å². The molecule has 23 heavy (non-hydrogen) atoms. The molecule has 0 atom stereocenters. The third-order valence-electron chi connectivity index (χ3n) is 4.20. The molecule has 1 aromatic heterocycles. The monoisotopic (exact) mass is 330 g/mol. The predicted octanol–water partition coefficient (Wildman–Crippen LogP) is 2.72. The fraction of sp³-hybridized carbons (Fsp3) is 0.444. The molecule has 0 spiro atoms. The Bertz CT molecular complexity index is 755. The Morgan fingerprint density at radius 3 is 3.00 bits per heavy atom. The van der Waals surface area contributed by atoms with Crippen molar-refractivity contribution in [1.82, 2.24) is 9.55 Å². The molecule has 1 N–H and O–H groups in total. The molecule has 0 unspecified atom stereocenters. The maximum Gasteiger partial charge on any atom is 0.348 e. The van der Waals surface area contributed by atoms with Gasteiger partial charge in [0, 0.05) is 30.2 Å². The van der Waals surface area contributed by atoms with Crippen molar-refractivity contribution in [3.63, 3.8) is 0 Å². The summed E-state index contributed by atoms with van der Waals surface area (Å²) in [6.45, 7) is 2.75. The van der Waals surface area contributed by atoms with E-state index in [0.29, 0.717) is 13.0 Å². The molecule has 0 amide bonds. The van der Waals surface area contributed by atoms with Gasteiger partial charge >= 0.3 is 5.69 Å². The second kappa shape index (κ2) is 7.32. The minimum absolute atomic E-state index is 0.102. The molecule has 0 saturated heterocycles. The highest BCUT2D eigenvalue weighted by Crippen LogP contribution is 2.31. The van der Waals surface area contributed by atoms with E-state index in [9.17, 15) is 4.79 Å². The van der Waals surface area contributed by atoms with Gasteiger partial charge in [0.25, 0.3) is 0 Å². The molecule has 1 aliphatic carbocycles. The number of aliphatic hydroxyl groups is 1. The van der Waals surface area contributed by atoms with Crippen LogP contribution in [0.25, 0.3) is 0 Å². The first kappa shape index (κ1) is 16.3. The van der Waals surface area contributed by atoms with Gasteiger partial charge in [0.15, 0.2) is 0 Å². The maximum atomic E-state index is 12.3. The summed E-state index contributed by atoms with van der Waals surface area (Å²) in [5.41, 5.74) is 4.70. The van der Waals surface area contributed by atoms with Gasteiger partial charge in [0.05, 0.1) is 0 Å². The van der Waals surface area contributed by atoms with Crippen molar-refractivity contribution in [2.75, 3.05) is 6.61 Å². The highest BCUT2D eigenvalue weighted by atomic mass is 32.2. The van der Waals surface area contributed by atoms with Crippen molar-refractivity contribution in [1.29, 1.82) is 0 Å². The summed E-state index contributed by atoms with van der Waals surface area (Å²) in [6.07, 6.45) is 3.62. The maximum absolute atomic E-state index is 12.3. The van der Waals surface area contributed by atoms with E-state index >= 15 is 0 Å². The number of hydrogen-bond acceptors (Lipinski definition) is 4. The number of rotatable bonds is 6. The van der Waals surface area contributed by atoms with Gasteiger partial charge in [-0.05, 0) is 38.2 Å². The molecular formula is C18H22N2O2S. The van der Waals surface area contributed by atoms with Crippen molar-refractivity contribution in [2.45, 2.75) is 49.9 Å². The zero-order valence-electron chi connectivity index (χ0n) is 13.4. The topological polar surface area (TPSA) is 55.1 Å². The van der Waals surface area contributed by atoms with Crippen LogP contribution in [0.5, 0.6) is 0 Å². The predicted molar refractivity (Wildman–Crippen MR) is 93.0 cm³/mol. The Morgan fingerprint density at radius 2 is 2.22 bits per heavy atom. The van der Waals surface area contributed by atoms with Crippen LogP contribution in [-0.4, -0.2) is 21.3 Å². The van der Waals surface area contributed by atoms with Crippen LogP contribution in [0.1, 0.15) is 35.2 Å². The number of hydrogen-bond donors (Lipinski definition) is 1. The molecule has 0 aliphatic heterocycles. The third kappa shape index (κ3) is 3.67. The van der Waals surface area contributed by atoms with Crippen molar-refractivity contribution < 1.29 is 5.11 Å². The van der Waals surface area contributed by atoms with Gasteiger partial charge in [-0.3, -0.25) is 4.57 Å². The van der Waals surface area contributed by atoms with Crippen molar-refractivity contribution >= 4 is 11.8 Å². The summed E-state index contributed by atoms with van der Waals surface area (Å²) in [5, 5.41) is 9.91. The summed E-state index contributed by atoms with van der Waals surface area (Å²) < 4.78 is 1.76. The van der Waals surface area contributed by atoms with Crippen LogP contribution in [0.2, 0.25) is 0 Å². The van der Waals surface area contributed by atoms with E-state index in [1.165, 1.54) is 16.7 Å². The van der Waals surface area contributed by atoms with Crippen LogP contribution >= 0.6 is 11.8 Å². The Kier molecular flexibility index (Phi) is 5.18. The molecule has 122 valence electrons. The first-order chi connectivity index (χ1) is 11.2. The molecule has 2 aromatic rings. The van der Waals surface area contributed by atoms with E-state index in [0.717, 1.165) is 35.7 Å². The SMILES string of the molecule is Cc1cccc(CSc2nc(=O)n(CCCO)c3c2CCC3)c1. The minimum atomic E-state index is -0.175. The number of fused-ring (bicyclic) bond motifs is 1. The van der Waals surface area contributed by atoms with Gasteiger partial charge in [-0.1, -0.05) is 29.8 Å². The molecule has 0 saturated carbocycles. The van der Waals surface area contributed by atoms with Crippen LogP contribution in [0.15, 0.2) is 34.1 Å². The molecule has 1 aliphatic rings. The molecule has 0 radical (unpaired) electrons. The van der Waals surface area contributed by atoms with Gasteiger partial charge in [0.1, 0.15) is 5.03 Å². The minimum Gasteiger partial charge on any atom is -0.396 e. The number of nitrogens with zero attached hydrogens (tertiary/aromatic N) is 2. The quantitative estimate of drug-likeness (QED) is 0.653. The van der Waals surface area contributed by atoms with Crippen LogP contribution in [0.4, 0.5) is 0 Å². The second-order valence-electron chi connectivity index (χ2n) is 5.98. The summed E-state index contributed by atoms with van der Waals surface area (Å²) in [5.74, 6) is 0.835. The Hall–Kier alpha value is -1.59. The smallest absolute Gasteiger partial charge is 0.348 e. The molecular weight excluding hydrogens is 308 g/mol. The van der Waals surface area contributed by atoms with E-state index in [-0.39, 0.29) is 12.3 Å². The largest absolute Gasteiger partial charge is 0.396 e. The van der Waals surface area contributed by atoms with E-state index in [1.54, 1.807) is 16.3 Å². The summed E-state index contributed by atoms with van der Waals surface area (Å²) in [7, 11) is 0. The number of aromatic nitrogens is 2. The average Bonchev–Trinajstić information content (AvgIpc) is 3.02. The van der Waals surface area contributed by atoms with E-state index in [1.807, 2.05) is 0 Å². The van der Waals surface area contributed by atoms with Gasteiger partial charge < -0.3 is 5.11 Å². The van der Waals surface area contributed by atoms with Crippen molar-refractivity contribution in [3.05, 3.63) is 57.1 Å². The number of aryl methyl sites for hydroxylation is 1. The highest BCUT2D eigenvalue weighted by molar-refractivity contribution is 7.98. The van der Waals surface area contributed by atoms with Crippen LogP contribution < -0.4 is 5.69 Å². The fourth-order valence-corrected chi connectivity index (χ4v) is 4.14.